The molecule has 6 nitrogen and oxygen atoms in total. The number of thiol groups is 1. The van der Waals surface area contributed by atoms with Crippen molar-refractivity contribution in [2.24, 2.45) is 0 Å². The van der Waals surface area contributed by atoms with E-state index in [0.717, 1.165) is 5.56 Å². The third-order valence-electron chi connectivity index (χ3n) is 2.89. The zero-order valence-corrected chi connectivity index (χ0v) is 11.6. The van der Waals surface area contributed by atoms with Gasteiger partial charge in [-0.15, -0.1) is 0 Å². The van der Waals surface area contributed by atoms with Crippen LogP contribution in [0, 0.1) is 0 Å². The Morgan fingerprint density at radius 3 is 2.62 bits per heavy atom. The van der Waals surface area contributed by atoms with Crippen molar-refractivity contribution in [1.29, 1.82) is 0 Å². The van der Waals surface area contributed by atoms with E-state index in [-0.39, 0.29) is 17.3 Å². The maximum absolute atomic E-state index is 12.0. The summed E-state index contributed by atoms with van der Waals surface area (Å²) >= 11 is 0. The minimum absolute atomic E-state index is 0.0848. The number of nitrogens with zero attached hydrogens (tertiary/aromatic N) is 2. The molecule has 2 aromatic heterocycles. The molecule has 106 valence electrons. The van der Waals surface area contributed by atoms with Gasteiger partial charge in [-0.25, -0.2) is 18.2 Å². The van der Waals surface area contributed by atoms with E-state index in [2.05, 4.69) is 9.97 Å². The first kappa shape index (κ1) is 13.4. The maximum atomic E-state index is 12.0. The average molecular weight is 302 g/mol. The monoisotopic (exact) mass is 302 g/mol. The molecule has 0 aliphatic heterocycles. The predicted octanol–water partition coefficient (Wildman–Crippen LogP) is 1.36. The van der Waals surface area contributed by atoms with Crippen molar-refractivity contribution in [3.8, 4) is 11.1 Å². The second-order valence-corrected chi connectivity index (χ2v) is 5.33. The highest BCUT2D eigenvalue weighted by Crippen LogP contribution is 2.19. The van der Waals surface area contributed by atoms with Crippen molar-refractivity contribution in [1.82, 2.24) is 9.97 Å². The molecule has 0 N–H and O–H groups in total. The predicted molar refractivity (Wildman–Crippen MR) is 77.5 cm³/mol. The van der Waals surface area contributed by atoms with Crippen LogP contribution >= 0.6 is 0 Å². The summed E-state index contributed by atoms with van der Waals surface area (Å²) in [7, 11) is -2.63. The van der Waals surface area contributed by atoms with Gasteiger partial charge in [0.2, 0.25) is 5.71 Å². The summed E-state index contributed by atoms with van der Waals surface area (Å²) in [6, 6.07) is 10.7. The fraction of sp³-hybridized carbons (Fsp3) is 0.0714. The molecule has 1 aromatic carbocycles. The van der Waals surface area contributed by atoms with Crippen LogP contribution in [-0.4, -0.2) is 18.4 Å². The molecule has 0 atom stereocenters. The van der Waals surface area contributed by atoms with Crippen LogP contribution in [0.2, 0.25) is 0 Å². The fourth-order valence-corrected chi connectivity index (χ4v) is 2.34. The standard InChI is InChI=1S/C14H10N2O4S/c17-14-11(9-4-2-1-3-5-9)6-10-7-15-12(8-21(18)19)16-13(10)20-14/h1-7,21H,8H2. The van der Waals surface area contributed by atoms with Gasteiger partial charge in [-0.3, -0.25) is 0 Å². The summed E-state index contributed by atoms with van der Waals surface area (Å²) in [5, 5.41) is 0.540. The molecule has 0 aliphatic carbocycles. The van der Waals surface area contributed by atoms with Gasteiger partial charge in [-0.1, -0.05) is 30.3 Å². The van der Waals surface area contributed by atoms with Crippen LogP contribution in [0.5, 0.6) is 0 Å². The number of aromatic nitrogens is 2. The molecule has 7 heteroatoms. The lowest BCUT2D eigenvalue weighted by Gasteiger charge is -2.02. The Hall–Kier alpha value is -2.54. The van der Waals surface area contributed by atoms with Gasteiger partial charge in [0.15, 0.2) is 0 Å². The Bertz CT molecular complexity index is 925. The fourth-order valence-electron chi connectivity index (χ4n) is 1.96. The van der Waals surface area contributed by atoms with E-state index in [1.54, 1.807) is 18.2 Å². The molecule has 0 radical (unpaired) electrons. The molecule has 0 fully saturated rings. The van der Waals surface area contributed by atoms with Gasteiger partial charge < -0.3 is 4.42 Å². The Balaban J connectivity index is 2.15. The lowest BCUT2D eigenvalue weighted by atomic mass is 10.1. The molecule has 21 heavy (non-hydrogen) atoms. The highest BCUT2D eigenvalue weighted by Gasteiger charge is 2.10. The minimum atomic E-state index is -2.63. The smallest absolute Gasteiger partial charge is 0.345 e. The van der Waals surface area contributed by atoms with E-state index in [4.69, 9.17) is 4.42 Å². The SMILES string of the molecule is O=c1oc2nc(C[SH](=O)=O)ncc2cc1-c1ccccc1. The molecular formula is C14H10N2O4S. The van der Waals surface area contributed by atoms with Crippen molar-refractivity contribution >= 4 is 21.8 Å². The Morgan fingerprint density at radius 2 is 1.90 bits per heavy atom. The summed E-state index contributed by atoms with van der Waals surface area (Å²) in [5.74, 6) is -0.177. The van der Waals surface area contributed by atoms with Crippen molar-refractivity contribution in [3.63, 3.8) is 0 Å². The molecule has 0 saturated carbocycles. The molecule has 0 saturated heterocycles. The van der Waals surface area contributed by atoms with E-state index in [1.165, 1.54) is 6.20 Å². The third kappa shape index (κ3) is 2.82. The summed E-state index contributed by atoms with van der Waals surface area (Å²) in [5.41, 5.74) is 0.709. The van der Waals surface area contributed by atoms with Gasteiger partial charge in [0.25, 0.3) is 0 Å². The highest BCUT2D eigenvalue weighted by molar-refractivity contribution is 7.71. The van der Waals surface area contributed by atoms with Crippen LogP contribution in [0.1, 0.15) is 5.82 Å². The topological polar surface area (TPSA) is 90.1 Å². The van der Waals surface area contributed by atoms with Gasteiger partial charge in [-0.05, 0) is 11.6 Å². The lowest BCUT2D eigenvalue weighted by molar-refractivity contribution is 0.549. The molecule has 0 bridgehead atoms. The second-order valence-electron chi connectivity index (χ2n) is 4.35. The molecule has 0 aliphatic rings. The first-order chi connectivity index (χ1) is 10.1. The Kier molecular flexibility index (Phi) is 3.49. The van der Waals surface area contributed by atoms with Crippen LogP contribution in [0.4, 0.5) is 0 Å². The molecule has 0 unspecified atom stereocenters. The number of hydrogen-bond acceptors (Lipinski definition) is 6. The van der Waals surface area contributed by atoms with E-state index >= 15 is 0 Å². The van der Waals surface area contributed by atoms with E-state index in [0.29, 0.717) is 10.9 Å². The number of hydrogen-bond donors (Lipinski definition) is 1. The first-order valence-electron chi connectivity index (χ1n) is 6.10. The average Bonchev–Trinajstić information content (AvgIpc) is 2.46. The van der Waals surface area contributed by atoms with Gasteiger partial charge in [0, 0.05) is 6.20 Å². The molecule has 0 amide bonds. The summed E-state index contributed by atoms with van der Waals surface area (Å²) in [6.07, 6.45) is 1.45. The molecule has 3 rings (SSSR count). The quantitative estimate of drug-likeness (QED) is 0.735. The number of benzene rings is 1. The minimum Gasteiger partial charge on any atom is -0.403 e. The highest BCUT2D eigenvalue weighted by atomic mass is 32.2. The van der Waals surface area contributed by atoms with Gasteiger partial charge in [-0.2, -0.15) is 4.98 Å². The normalized spacial score (nSPS) is 11.1. The molecular weight excluding hydrogens is 292 g/mol. The summed E-state index contributed by atoms with van der Waals surface area (Å²) in [6.45, 7) is 0. The van der Waals surface area contributed by atoms with Crippen LogP contribution in [0.15, 0.2) is 51.8 Å². The maximum Gasteiger partial charge on any atom is 0.345 e. The van der Waals surface area contributed by atoms with E-state index in [1.807, 2.05) is 18.2 Å². The zero-order chi connectivity index (χ0) is 14.8. The van der Waals surface area contributed by atoms with Crippen molar-refractivity contribution in [3.05, 3.63) is 58.8 Å². The molecule has 2 heterocycles. The van der Waals surface area contributed by atoms with Crippen LogP contribution in [0.25, 0.3) is 22.2 Å². The third-order valence-corrected chi connectivity index (χ3v) is 3.44. The number of fused-ring (bicyclic) bond motifs is 1. The van der Waals surface area contributed by atoms with Crippen molar-refractivity contribution in [2.45, 2.75) is 5.75 Å². The van der Waals surface area contributed by atoms with Gasteiger partial charge >= 0.3 is 5.63 Å². The Morgan fingerprint density at radius 1 is 1.14 bits per heavy atom. The Labute approximate surface area is 121 Å². The second kappa shape index (κ2) is 5.45. The number of rotatable bonds is 3. The van der Waals surface area contributed by atoms with Gasteiger partial charge in [0.05, 0.1) is 10.9 Å². The first-order valence-corrected chi connectivity index (χ1v) is 7.47. The van der Waals surface area contributed by atoms with Crippen molar-refractivity contribution < 1.29 is 12.8 Å². The van der Waals surface area contributed by atoms with Gasteiger partial charge in [0.1, 0.15) is 22.3 Å². The van der Waals surface area contributed by atoms with Crippen molar-refractivity contribution in [2.75, 3.05) is 0 Å². The van der Waals surface area contributed by atoms with E-state index in [9.17, 15) is 13.2 Å². The van der Waals surface area contributed by atoms with Crippen LogP contribution in [-0.2, 0) is 16.5 Å². The van der Waals surface area contributed by atoms with Crippen LogP contribution in [0.3, 0.4) is 0 Å². The molecule has 0 spiro atoms. The summed E-state index contributed by atoms with van der Waals surface area (Å²) < 4.78 is 26.5. The van der Waals surface area contributed by atoms with E-state index < -0.39 is 16.3 Å². The lowest BCUT2D eigenvalue weighted by Crippen LogP contribution is -2.05. The largest absolute Gasteiger partial charge is 0.403 e. The zero-order valence-electron chi connectivity index (χ0n) is 10.7. The van der Waals surface area contributed by atoms with Crippen LogP contribution < -0.4 is 5.63 Å². The summed E-state index contributed by atoms with van der Waals surface area (Å²) in [4.78, 5) is 19.9. The molecule has 3 aromatic rings.